The highest BCUT2D eigenvalue weighted by Crippen LogP contribution is 2.55. The third-order valence-corrected chi connectivity index (χ3v) is 8.21. The van der Waals surface area contributed by atoms with E-state index in [4.69, 9.17) is 4.74 Å². The van der Waals surface area contributed by atoms with Crippen LogP contribution in [0.2, 0.25) is 0 Å². The fourth-order valence-corrected chi connectivity index (χ4v) is 5.69. The second-order valence-corrected chi connectivity index (χ2v) is 10.1. The van der Waals surface area contributed by atoms with Crippen molar-refractivity contribution in [3.63, 3.8) is 0 Å². The van der Waals surface area contributed by atoms with E-state index in [9.17, 15) is 9.59 Å². The molecule has 0 unspecified atom stereocenters. The maximum atomic E-state index is 12.9. The second kappa shape index (κ2) is 7.14. The summed E-state index contributed by atoms with van der Waals surface area (Å²) in [5.41, 5.74) is 3.28. The van der Waals surface area contributed by atoms with Crippen molar-refractivity contribution in [2.75, 3.05) is 13.1 Å². The topological polar surface area (TPSA) is 46.6 Å². The molecule has 2 heterocycles. The average Bonchev–Trinajstić information content (AvgIpc) is 3.35. The van der Waals surface area contributed by atoms with Crippen LogP contribution in [0.4, 0.5) is 0 Å². The van der Waals surface area contributed by atoms with Crippen LogP contribution in [0, 0.1) is 11.3 Å². The van der Waals surface area contributed by atoms with Gasteiger partial charge >= 0.3 is 5.97 Å². The molecule has 1 atom stereocenters. The van der Waals surface area contributed by atoms with Gasteiger partial charge in [-0.25, -0.2) is 0 Å². The highest BCUT2D eigenvalue weighted by molar-refractivity contribution is 5.81. The summed E-state index contributed by atoms with van der Waals surface area (Å²) in [6, 6.07) is 9.27. The molecule has 0 aromatic heterocycles. The van der Waals surface area contributed by atoms with Crippen molar-refractivity contribution in [2.45, 2.75) is 83.7 Å². The van der Waals surface area contributed by atoms with Crippen molar-refractivity contribution in [2.24, 2.45) is 11.3 Å². The lowest BCUT2D eigenvalue weighted by atomic mass is 9.58. The Morgan fingerprint density at radius 2 is 1.72 bits per heavy atom. The van der Waals surface area contributed by atoms with Crippen LogP contribution in [0.3, 0.4) is 0 Å². The Labute approximate surface area is 175 Å². The number of hydrogen-bond acceptors (Lipinski definition) is 3. The van der Waals surface area contributed by atoms with E-state index in [0.717, 1.165) is 38.8 Å². The van der Waals surface area contributed by atoms with E-state index < -0.39 is 0 Å². The lowest BCUT2D eigenvalue weighted by Gasteiger charge is -2.47. The molecule has 2 aliphatic carbocycles. The number of amides is 1. The van der Waals surface area contributed by atoms with Crippen LogP contribution < -0.4 is 0 Å². The van der Waals surface area contributed by atoms with Gasteiger partial charge in [-0.2, -0.15) is 0 Å². The molecule has 1 aromatic carbocycles. The highest BCUT2D eigenvalue weighted by Gasteiger charge is 2.57. The highest BCUT2D eigenvalue weighted by atomic mass is 16.6. The molecule has 29 heavy (non-hydrogen) atoms. The minimum absolute atomic E-state index is 0. The minimum Gasteiger partial charge on any atom is -0.462 e. The van der Waals surface area contributed by atoms with Crippen LogP contribution in [0.1, 0.15) is 83.3 Å². The maximum Gasteiger partial charge on any atom is 0.306 e. The van der Waals surface area contributed by atoms with Crippen molar-refractivity contribution in [3.8, 4) is 0 Å². The predicted molar refractivity (Wildman–Crippen MR) is 114 cm³/mol. The van der Waals surface area contributed by atoms with Gasteiger partial charge in [0, 0.05) is 24.4 Å². The predicted octanol–water partition coefficient (Wildman–Crippen LogP) is 4.81. The van der Waals surface area contributed by atoms with E-state index in [2.05, 4.69) is 36.1 Å². The maximum absolute atomic E-state index is 12.9. The van der Waals surface area contributed by atoms with E-state index in [1.165, 1.54) is 24.0 Å². The van der Waals surface area contributed by atoms with Crippen molar-refractivity contribution >= 4 is 11.9 Å². The van der Waals surface area contributed by atoms with Crippen LogP contribution in [-0.2, 0) is 19.7 Å². The Morgan fingerprint density at radius 3 is 2.24 bits per heavy atom. The molecule has 1 amide bonds. The van der Waals surface area contributed by atoms with Gasteiger partial charge in [0.1, 0.15) is 6.10 Å². The monoisotopic (exact) mass is 397 g/mol. The van der Waals surface area contributed by atoms with Crippen LogP contribution in [0.25, 0.3) is 0 Å². The molecule has 0 N–H and O–H groups in total. The van der Waals surface area contributed by atoms with Crippen molar-refractivity contribution in [1.82, 2.24) is 4.90 Å². The number of carbonyl (C=O) groups excluding carboxylic acids is 2. The minimum atomic E-state index is -0.0964. The van der Waals surface area contributed by atoms with Gasteiger partial charge in [0.2, 0.25) is 5.91 Å². The first kappa shape index (κ1) is 20.4. The van der Waals surface area contributed by atoms with E-state index in [1.54, 1.807) is 0 Å². The zero-order valence-corrected chi connectivity index (χ0v) is 17.1. The smallest absolute Gasteiger partial charge is 0.306 e. The Kier molecular flexibility index (Phi) is 5.03. The van der Waals surface area contributed by atoms with Gasteiger partial charge < -0.3 is 9.64 Å². The molecular formula is C25H35NO3. The third kappa shape index (κ3) is 3.49. The number of cyclic esters (lactones) is 1. The Bertz CT molecular complexity index is 781. The molecule has 4 aliphatic rings. The Balaban J connectivity index is 0.00000205. The Morgan fingerprint density at radius 1 is 1.10 bits per heavy atom. The van der Waals surface area contributed by atoms with E-state index >= 15 is 0 Å². The number of esters is 1. The first-order valence-corrected chi connectivity index (χ1v) is 11.0. The van der Waals surface area contributed by atoms with Crippen molar-refractivity contribution in [1.29, 1.82) is 0 Å². The summed E-state index contributed by atoms with van der Waals surface area (Å²) in [7, 11) is 0. The van der Waals surface area contributed by atoms with Gasteiger partial charge in [0.05, 0.1) is 6.42 Å². The summed E-state index contributed by atoms with van der Waals surface area (Å²) >= 11 is 0. The number of rotatable bonds is 3. The molecule has 4 heteroatoms. The third-order valence-electron chi connectivity index (χ3n) is 8.21. The molecule has 4 fully saturated rings. The summed E-state index contributed by atoms with van der Waals surface area (Å²) < 4.78 is 5.32. The van der Waals surface area contributed by atoms with Crippen molar-refractivity contribution in [3.05, 3.63) is 35.4 Å². The first-order valence-electron chi connectivity index (χ1n) is 11.0. The molecule has 2 saturated carbocycles. The van der Waals surface area contributed by atoms with E-state index in [1.807, 2.05) is 6.92 Å². The molecule has 2 saturated heterocycles. The number of ether oxygens (including phenoxy) is 1. The summed E-state index contributed by atoms with van der Waals surface area (Å²) in [5, 5.41) is 0. The molecule has 4 nitrogen and oxygen atoms in total. The van der Waals surface area contributed by atoms with E-state index in [0.29, 0.717) is 23.7 Å². The zero-order chi connectivity index (χ0) is 19.5. The molecular weight excluding hydrogens is 362 g/mol. The number of benzene rings is 1. The lowest BCUT2D eigenvalue weighted by Crippen LogP contribution is -2.51. The van der Waals surface area contributed by atoms with Crippen LogP contribution >= 0.6 is 0 Å². The molecule has 0 radical (unpaired) electrons. The lowest BCUT2D eigenvalue weighted by molar-refractivity contribution is -0.147. The number of piperidine rings is 1. The van der Waals surface area contributed by atoms with Gasteiger partial charge in [-0.3, -0.25) is 9.59 Å². The SMILES string of the molecule is C.C[C@@H]1OC(=O)CC12CC(C(=O)N1CCC(c3ccc(C4(C)CC4)cc3)CC1)C2. The normalized spacial score (nSPS) is 33.0. The van der Waals surface area contributed by atoms with E-state index in [-0.39, 0.29) is 30.8 Å². The number of carbonyl (C=O) groups is 2. The largest absolute Gasteiger partial charge is 0.462 e. The summed E-state index contributed by atoms with van der Waals surface area (Å²) in [6.07, 6.45) is 6.84. The summed E-state index contributed by atoms with van der Waals surface area (Å²) in [6.45, 7) is 6.05. The van der Waals surface area contributed by atoms with Gasteiger partial charge in [0.15, 0.2) is 0 Å². The van der Waals surface area contributed by atoms with Crippen molar-refractivity contribution < 1.29 is 14.3 Å². The molecule has 1 spiro atoms. The summed E-state index contributed by atoms with van der Waals surface area (Å²) in [4.78, 5) is 26.6. The van der Waals surface area contributed by atoms with Gasteiger partial charge in [-0.1, -0.05) is 38.6 Å². The standard InChI is InChI=1S/C24H31NO3.CH4/c1-16-24(15-21(26)28-16)13-19(14-24)22(27)25-11-7-18(8-12-25)17-3-5-20(6-4-17)23(2)9-10-23;/h3-6,16,18-19H,7-15H2,1-2H3;1H4/t16-,19?,24?;/m0./s1. The Hall–Kier alpha value is -1.84. The molecule has 2 aliphatic heterocycles. The fraction of sp³-hybridized carbons (Fsp3) is 0.680. The van der Waals surface area contributed by atoms with Crippen LogP contribution in [0.5, 0.6) is 0 Å². The first-order chi connectivity index (χ1) is 13.4. The number of nitrogens with zero attached hydrogens (tertiary/aromatic N) is 1. The van der Waals surface area contributed by atoms with Crippen LogP contribution in [0.15, 0.2) is 24.3 Å². The fourth-order valence-electron chi connectivity index (χ4n) is 5.69. The number of likely N-dealkylation sites (tertiary alicyclic amines) is 1. The zero-order valence-electron chi connectivity index (χ0n) is 17.1. The van der Waals surface area contributed by atoms with Crippen LogP contribution in [-0.4, -0.2) is 36.0 Å². The molecule has 0 bridgehead atoms. The van der Waals surface area contributed by atoms with Gasteiger partial charge in [0.25, 0.3) is 0 Å². The van der Waals surface area contributed by atoms with Gasteiger partial charge in [-0.15, -0.1) is 0 Å². The molecule has 158 valence electrons. The summed E-state index contributed by atoms with van der Waals surface area (Å²) in [5.74, 6) is 0.860. The quantitative estimate of drug-likeness (QED) is 0.688. The van der Waals surface area contributed by atoms with Gasteiger partial charge in [-0.05, 0) is 67.9 Å². The number of hydrogen-bond donors (Lipinski definition) is 0. The molecule has 5 rings (SSSR count). The second-order valence-electron chi connectivity index (χ2n) is 10.1. The average molecular weight is 398 g/mol. The molecule has 1 aromatic rings.